The molecule has 0 amide bonds. The standard InChI is InChI=1S/C53H94NO7P/c1-6-8-10-12-14-16-18-20-22-23-24-25-26-27-28-29-30-31-32-33-35-37-39-41-43-45-48-58-50-52(51-60-62(56,57)59-49-47-54(3,4)5)61-53(55)46-44-42-40-38-36-34-21-19-17-15-13-11-9-7-2/h8,10,14,16,20,22,24-25,27-28,30-31,33,35,52H,6-7,9,11-13,15,17-19,21,23,26,29,32,34,36-51H2,1-5H3/p+1/b10-8-,16-14-,22-20-,25-24-,28-27-,31-30-,35-33-. The molecule has 0 aliphatic rings. The molecule has 0 spiro atoms. The number of esters is 1. The van der Waals surface area contributed by atoms with Crippen LogP contribution in [0.5, 0.6) is 0 Å². The van der Waals surface area contributed by atoms with E-state index in [4.69, 9.17) is 18.5 Å². The van der Waals surface area contributed by atoms with Gasteiger partial charge in [0, 0.05) is 13.0 Å². The van der Waals surface area contributed by atoms with Crippen LogP contribution in [0.4, 0.5) is 0 Å². The Kier molecular flexibility index (Phi) is 43.6. The van der Waals surface area contributed by atoms with Gasteiger partial charge in [-0.3, -0.25) is 13.8 Å². The molecule has 0 saturated heterocycles. The normalized spacial score (nSPS) is 14.4. The van der Waals surface area contributed by atoms with E-state index in [2.05, 4.69) is 98.9 Å². The molecule has 2 unspecified atom stereocenters. The minimum absolute atomic E-state index is 0.0800. The third-order valence-corrected chi connectivity index (χ3v) is 11.2. The number of likely N-dealkylation sites (N-methyl/N-ethyl adjacent to an activating group) is 1. The second-order valence-corrected chi connectivity index (χ2v) is 18.9. The summed E-state index contributed by atoms with van der Waals surface area (Å²) in [7, 11) is 1.64. The van der Waals surface area contributed by atoms with E-state index in [0.717, 1.165) is 96.3 Å². The average Bonchev–Trinajstić information content (AvgIpc) is 3.23. The Hall–Kier alpha value is -2.32. The van der Waals surface area contributed by atoms with Gasteiger partial charge in [0.15, 0.2) is 0 Å². The van der Waals surface area contributed by atoms with Gasteiger partial charge in [-0.25, -0.2) is 4.57 Å². The number of rotatable bonds is 45. The molecule has 0 aliphatic carbocycles. The van der Waals surface area contributed by atoms with Crippen LogP contribution < -0.4 is 0 Å². The quantitative estimate of drug-likeness (QED) is 0.0214. The molecule has 0 bridgehead atoms. The number of ether oxygens (including phenoxy) is 2. The highest BCUT2D eigenvalue weighted by atomic mass is 31.2. The Morgan fingerprint density at radius 2 is 0.935 bits per heavy atom. The fraction of sp³-hybridized carbons (Fsp3) is 0.717. The van der Waals surface area contributed by atoms with Crippen molar-refractivity contribution in [1.82, 2.24) is 0 Å². The van der Waals surface area contributed by atoms with Gasteiger partial charge in [0.25, 0.3) is 0 Å². The van der Waals surface area contributed by atoms with Crippen molar-refractivity contribution in [3.05, 3.63) is 85.1 Å². The van der Waals surface area contributed by atoms with Gasteiger partial charge in [-0.15, -0.1) is 0 Å². The molecule has 0 aromatic carbocycles. The maximum Gasteiger partial charge on any atom is 0.472 e. The van der Waals surface area contributed by atoms with Crippen LogP contribution in [-0.2, 0) is 27.9 Å². The second-order valence-electron chi connectivity index (χ2n) is 17.5. The molecular formula is C53H95NO7P+. The number of hydrogen-bond acceptors (Lipinski definition) is 6. The SMILES string of the molecule is CC/C=C\C/C=C\C/C=C\C/C=C\C/C=C\C/C=C\C/C=C\CCCCCCOCC(COP(=O)(O)OCC[N+](C)(C)C)OC(=O)CCCCCCCCCCCCCCCC. The highest BCUT2D eigenvalue weighted by molar-refractivity contribution is 7.47. The Morgan fingerprint density at radius 3 is 1.40 bits per heavy atom. The molecular weight excluding hydrogens is 794 g/mol. The van der Waals surface area contributed by atoms with Crippen molar-refractivity contribution in [2.45, 2.75) is 193 Å². The van der Waals surface area contributed by atoms with Crippen LogP contribution in [0.15, 0.2) is 85.1 Å². The first kappa shape index (κ1) is 59.7. The molecule has 0 heterocycles. The summed E-state index contributed by atoms with van der Waals surface area (Å²) in [6, 6.07) is 0. The van der Waals surface area contributed by atoms with Gasteiger partial charge in [0.05, 0.1) is 34.4 Å². The van der Waals surface area contributed by atoms with E-state index in [0.29, 0.717) is 24.1 Å². The van der Waals surface area contributed by atoms with E-state index in [1.807, 2.05) is 21.1 Å². The van der Waals surface area contributed by atoms with Crippen LogP contribution in [0.1, 0.15) is 187 Å². The summed E-state index contributed by atoms with van der Waals surface area (Å²) in [5.74, 6) is -0.325. The first-order chi connectivity index (χ1) is 30.1. The molecule has 9 heteroatoms. The minimum atomic E-state index is -4.29. The molecule has 1 N–H and O–H groups in total. The van der Waals surface area contributed by atoms with Crippen molar-refractivity contribution >= 4 is 13.8 Å². The van der Waals surface area contributed by atoms with Gasteiger partial charge in [0.1, 0.15) is 19.3 Å². The maximum atomic E-state index is 12.7. The fourth-order valence-electron chi connectivity index (χ4n) is 6.41. The maximum absolute atomic E-state index is 12.7. The number of phosphoric acid groups is 1. The molecule has 0 aromatic heterocycles. The smallest absolute Gasteiger partial charge is 0.457 e. The van der Waals surface area contributed by atoms with Crippen molar-refractivity contribution < 1.29 is 37.3 Å². The molecule has 0 rings (SSSR count). The average molecular weight is 889 g/mol. The largest absolute Gasteiger partial charge is 0.472 e. The van der Waals surface area contributed by atoms with E-state index < -0.39 is 13.9 Å². The Balaban J connectivity index is 4.22. The third kappa shape index (κ3) is 48.7. The fourth-order valence-corrected chi connectivity index (χ4v) is 7.16. The number of carbonyl (C=O) groups excluding carboxylic acids is 1. The lowest BCUT2D eigenvalue weighted by atomic mass is 10.0. The Morgan fingerprint density at radius 1 is 0.516 bits per heavy atom. The van der Waals surface area contributed by atoms with Gasteiger partial charge in [-0.05, 0) is 70.6 Å². The van der Waals surface area contributed by atoms with Crippen LogP contribution >= 0.6 is 7.82 Å². The summed E-state index contributed by atoms with van der Waals surface area (Å²) in [6.07, 6.45) is 60.5. The van der Waals surface area contributed by atoms with Crippen molar-refractivity contribution in [3.63, 3.8) is 0 Å². The molecule has 8 nitrogen and oxygen atoms in total. The number of allylic oxidation sites excluding steroid dienone is 14. The number of hydrogen-bond donors (Lipinski definition) is 1. The highest BCUT2D eigenvalue weighted by Gasteiger charge is 2.26. The summed E-state index contributed by atoms with van der Waals surface area (Å²) < 4.78 is 35.1. The van der Waals surface area contributed by atoms with Crippen LogP contribution in [0, 0.1) is 0 Å². The van der Waals surface area contributed by atoms with Gasteiger partial charge < -0.3 is 18.9 Å². The zero-order valence-electron chi connectivity index (χ0n) is 40.6. The van der Waals surface area contributed by atoms with E-state index in [1.54, 1.807) is 0 Å². The zero-order chi connectivity index (χ0) is 45.5. The number of quaternary nitrogens is 1. The van der Waals surface area contributed by atoms with Crippen LogP contribution in [-0.4, -0.2) is 75.6 Å². The molecule has 0 aliphatic heterocycles. The lowest BCUT2D eigenvalue weighted by Crippen LogP contribution is -2.37. The molecule has 0 saturated carbocycles. The molecule has 0 fully saturated rings. The van der Waals surface area contributed by atoms with Crippen molar-refractivity contribution in [1.29, 1.82) is 0 Å². The predicted molar refractivity (Wildman–Crippen MR) is 265 cm³/mol. The summed E-state index contributed by atoms with van der Waals surface area (Å²) in [4.78, 5) is 22.9. The Bertz CT molecular complexity index is 1260. The van der Waals surface area contributed by atoms with Crippen LogP contribution in [0.25, 0.3) is 0 Å². The topological polar surface area (TPSA) is 91.3 Å². The van der Waals surface area contributed by atoms with E-state index in [1.165, 1.54) is 70.6 Å². The van der Waals surface area contributed by atoms with E-state index in [9.17, 15) is 14.3 Å². The third-order valence-electron chi connectivity index (χ3n) is 10.2. The van der Waals surface area contributed by atoms with Gasteiger partial charge in [-0.1, -0.05) is 195 Å². The van der Waals surface area contributed by atoms with Gasteiger partial charge >= 0.3 is 13.8 Å². The highest BCUT2D eigenvalue weighted by Crippen LogP contribution is 2.43. The number of phosphoric ester groups is 1. The molecule has 2 atom stereocenters. The summed E-state index contributed by atoms with van der Waals surface area (Å²) >= 11 is 0. The monoisotopic (exact) mass is 889 g/mol. The van der Waals surface area contributed by atoms with Gasteiger partial charge in [0.2, 0.25) is 0 Å². The summed E-state index contributed by atoms with van der Waals surface area (Å²) in [5, 5.41) is 0. The molecule has 62 heavy (non-hydrogen) atoms. The Labute approximate surface area is 382 Å². The lowest BCUT2D eigenvalue weighted by molar-refractivity contribution is -0.870. The molecule has 0 radical (unpaired) electrons. The minimum Gasteiger partial charge on any atom is -0.457 e. The lowest BCUT2D eigenvalue weighted by Gasteiger charge is -2.24. The second kappa shape index (κ2) is 45.3. The van der Waals surface area contributed by atoms with E-state index >= 15 is 0 Å². The predicted octanol–water partition coefficient (Wildman–Crippen LogP) is 15.2. The van der Waals surface area contributed by atoms with Crippen molar-refractivity contribution in [3.8, 4) is 0 Å². The first-order valence-corrected chi connectivity index (χ1v) is 26.3. The van der Waals surface area contributed by atoms with Crippen LogP contribution in [0.2, 0.25) is 0 Å². The van der Waals surface area contributed by atoms with Gasteiger partial charge in [-0.2, -0.15) is 0 Å². The number of carbonyl (C=O) groups is 1. The first-order valence-electron chi connectivity index (χ1n) is 24.8. The van der Waals surface area contributed by atoms with Crippen molar-refractivity contribution in [2.75, 3.05) is 54.1 Å². The summed E-state index contributed by atoms with van der Waals surface area (Å²) in [6.45, 7) is 5.44. The molecule has 0 aromatic rings. The van der Waals surface area contributed by atoms with Crippen LogP contribution in [0.3, 0.4) is 0 Å². The van der Waals surface area contributed by atoms with Crippen molar-refractivity contribution in [2.24, 2.45) is 0 Å². The number of unbranched alkanes of at least 4 members (excludes halogenated alkanes) is 17. The molecule has 358 valence electrons. The number of nitrogens with zero attached hydrogens (tertiary/aromatic N) is 1. The summed E-state index contributed by atoms with van der Waals surface area (Å²) in [5.41, 5.74) is 0. The zero-order valence-corrected chi connectivity index (χ0v) is 41.5. The van der Waals surface area contributed by atoms with E-state index in [-0.39, 0.29) is 25.8 Å².